The first-order valence-electron chi connectivity index (χ1n) is 6.05. The van der Waals surface area contributed by atoms with Crippen molar-refractivity contribution in [3.05, 3.63) is 49.3 Å². The molecule has 0 amide bonds. The van der Waals surface area contributed by atoms with Crippen molar-refractivity contribution >= 4 is 0 Å². The van der Waals surface area contributed by atoms with Crippen molar-refractivity contribution in [2.75, 3.05) is 0 Å². The fourth-order valence-electron chi connectivity index (χ4n) is 1.88. The number of aromatic nitrogens is 7. The van der Waals surface area contributed by atoms with Crippen LogP contribution in [0.3, 0.4) is 0 Å². The van der Waals surface area contributed by atoms with Gasteiger partial charge >= 0.3 is 0 Å². The second kappa shape index (κ2) is 5.38. The highest BCUT2D eigenvalue weighted by Crippen LogP contribution is 2.08. The Labute approximate surface area is 110 Å². The van der Waals surface area contributed by atoms with Crippen LogP contribution in [0.15, 0.2) is 43.5 Å². The first-order chi connectivity index (χ1) is 9.43. The fraction of sp³-hybridized carbons (Fsp3) is 0.250. The lowest BCUT2D eigenvalue weighted by Gasteiger charge is -2.05. The van der Waals surface area contributed by atoms with Gasteiger partial charge in [0, 0.05) is 25.4 Å². The van der Waals surface area contributed by atoms with Crippen LogP contribution < -0.4 is 0 Å². The van der Waals surface area contributed by atoms with Gasteiger partial charge in [0.05, 0.1) is 5.69 Å². The predicted octanol–water partition coefficient (Wildman–Crippen LogP) is 0.887. The SMILES string of the molecule is c1cc(-n2ncnc2CCCn2cncn2)ccn1. The summed E-state index contributed by atoms with van der Waals surface area (Å²) in [6.07, 6.45) is 10.1. The van der Waals surface area contributed by atoms with Gasteiger partial charge in [-0.25, -0.2) is 14.6 Å². The average Bonchev–Trinajstić information content (AvgIpc) is 3.11. The lowest BCUT2D eigenvalue weighted by Crippen LogP contribution is -2.06. The van der Waals surface area contributed by atoms with Crippen LogP contribution in [0.2, 0.25) is 0 Å². The summed E-state index contributed by atoms with van der Waals surface area (Å²) >= 11 is 0. The lowest BCUT2D eigenvalue weighted by molar-refractivity contribution is 0.565. The molecule has 0 radical (unpaired) electrons. The molecule has 0 N–H and O–H groups in total. The Morgan fingerprint density at radius 1 is 1.00 bits per heavy atom. The molecule has 3 heterocycles. The maximum atomic E-state index is 4.30. The topological polar surface area (TPSA) is 74.3 Å². The minimum Gasteiger partial charge on any atom is -0.265 e. The summed E-state index contributed by atoms with van der Waals surface area (Å²) < 4.78 is 3.65. The highest BCUT2D eigenvalue weighted by Gasteiger charge is 2.06. The summed E-state index contributed by atoms with van der Waals surface area (Å²) in [4.78, 5) is 12.2. The molecule has 3 rings (SSSR count). The van der Waals surface area contributed by atoms with Crippen LogP contribution in [-0.2, 0) is 13.0 Å². The molecule has 0 bridgehead atoms. The average molecular weight is 255 g/mol. The Hall–Kier alpha value is -2.57. The summed E-state index contributed by atoms with van der Waals surface area (Å²) in [5.74, 6) is 0.936. The van der Waals surface area contributed by atoms with Crippen molar-refractivity contribution in [2.45, 2.75) is 19.4 Å². The van der Waals surface area contributed by atoms with Crippen LogP contribution in [0.1, 0.15) is 12.2 Å². The number of nitrogens with zero attached hydrogens (tertiary/aromatic N) is 7. The highest BCUT2D eigenvalue weighted by molar-refractivity contribution is 5.28. The molecule has 0 fully saturated rings. The summed E-state index contributed by atoms with van der Waals surface area (Å²) in [5.41, 5.74) is 0.975. The number of aryl methyl sites for hydroxylation is 2. The van der Waals surface area contributed by atoms with E-state index in [4.69, 9.17) is 0 Å². The molecule has 19 heavy (non-hydrogen) atoms. The van der Waals surface area contributed by atoms with E-state index < -0.39 is 0 Å². The predicted molar refractivity (Wildman–Crippen MR) is 67.5 cm³/mol. The molecule has 0 unspecified atom stereocenters. The molecule has 96 valence electrons. The third-order valence-corrected chi connectivity index (χ3v) is 2.78. The first-order valence-corrected chi connectivity index (χ1v) is 6.05. The molecule has 0 aliphatic carbocycles. The second-order valence-electron chi connectivity index (χ2n) is 4.06. The van der Waals surface area contributed by atoms with Crippen LogP contribution in [0, 0.1) is 0 Å². The van der Waals surface area contributed by atoms with Crippen LogP contribution in [0.5, 0.6) is 0 Å². The molecular formula is C12H13N7. The zero-order valence-electron chi connectivity index (χ0n) is 10.3. The van der Waals surface area contributed by atoms with Gasteiger partial charge in [0.1, 0.15) is 24.8 Å². The Bertz CT molecular complexity index is 615. The molecule has 7 heteroatoms. The quantitative estimate of drug-likeness (QED) is 0.676. The maximum Gasteiger partial charge on any atom is 0.138 e. The summed E-state index contributed by atoms with van der Waals surface area (Å²) in [5, 5.41) is 8.32. The van der Waals surface area contributed by atoms with E-state index in [1.54, 1.807) is 31.4 Å². The van der Waals surface area contributed by atoms with E-state index in [-0.39, 0.29) is 0 Å². The molecule has 0 atom stereocenters. The van der Waals surface area contributed by atoms with Gasteiger partial charge in [-0.05, 0) is 18.6 Å². The molecule has 0 spiro atoms. The van der Waals surface area contributed by atoms with Gasteiger partial charge in [-0.3, -0.25) is 9.67 Å². The largest absolute Gasteiger partial charge is 0.265 e. The van der Waals surface area contributed by atoms with Crippen molar-refractivity contribution in [1.29, 1.82) is 0 Å². The van der Waals surface area contributed by atoms with Gasteiger partial charge in [0.2, 0.25) is 0 Å². The molecule has 3 aromatic rings. The fourth-order valence-corrected chi connectivity index (χ4v) is 1.88. The highest BCUT2D eigenvalue weighted by atomic mass is 15.3. The Morgan fingerprint density at radius 3 is 2.68 bits per heavy atom. The van der Waals surface area contributed by atoms with Gasteiger partial charge < -0.3 is 0 Å². The Morgan fingerprint density at radius 2 is 1.89 bits per heavy atom. The third kappa shape index (κ3) is 2.65. The first kappa shape index (κ1) is 11.5. The van der Waals surface area contributed by atoms with Crippen LogP contribution in [-0.4, -0.2) is 34.5 Å². The van der Waals surface area contributed by atoms with E-state index in [9.17, 15) is 0 Å². The minimum atomic E-state index is 0.823. The molecule has 0 saturated heterocycles. The van der Waals surface area contributed by atoms with Crippen molar-refractivity contribution in [3.63, 3.8) is 0 Å². The molecule has 3 aromatic heterocycles. The minimum absolute atomic E-state index is 0.823. The number of rotatable bonds is 5. The summed E-state index contributed by atoms with van der Waals surface area (Å²) in [6.45, 7) is 0.823. The second-order valence-corrected chi connectivity index (χ2v) is 4.06. The molecule has 7 nitrogen and oxygen atoms in total. The van der Waals surface area contributed by atoms with E-state index in [0.717, 1.165) is 30.9 Å². The smallest absolute Gasteiger partial charge is 0.138 e. The zero-order valence-corrected chi connectivity index (χ0v) is 10.3. The summed E-state index contributed by atoms with van der Waals surface area (Å²) in [6, 6.07) is 3.82. The van der Waals surface area contributed by atoms with E-state index >= 15 is 0 Å². The molecule has 0 aromatic carbocycles. The monoisotopic (exact) mass is 255 g/mol. The number of hydrogen-bond donors (Lipinski definition) is 0. The zero-order chi connectivity index (χ0) is 12.9. The van der Waals surface area contributed by atoms with Crippen molar-refractivity contribution in [2.24, 2.45) is 0 Å². The van der Waals surface area contributed by atoms with Crippen LogP contribution in [0.25, 0.3) is 5.69 Å². The Balaban J connectivity index is 1.67. The Kier molecular flexibility index (Phi) is 3.26. The van der Waals surface area contributed by atoms with Crippen LogP contribution in [0.4, 0.5) is 0 Å². The molecule has 0 aliphatic heterocycles. The van der Waals surface area contributed by atoms with E-state index in [2.05, 4.69) is 25.1 Å². The van der Waals surface area contributed by atoms with E-state index in [1.165, 1.54) is 0 Å². The standard InChI is InChI=1S/C12H13N7/c1(7-18-10-14-8-16-18)2-12-15-9-17-19(12)11-3-5-13-6-4-11/h3-6,8-10H,1-2,7H2. The van der Waals surface area contributed by atoms with Gasteiger partial charge in [-0.15, -0.1) is 0 Å². The van der Waals surface area contributed by atoms with Gasteiger partial charge in [0.15, 0.2) is 0 Å². The van der Waals surface area contributed by atoms with E-state index in [0.29, 0.717) is 0 Å². The lowest BCUT2D eigenvalue weighted by atomic mass is 10.3. The normalized spacial score (nSPS) is 10.7. The van der Waals surface area contributed by atoms with Crippen molar-refractivity contribution in [3.8, 4) is 5.69 Å². The van der Waals surface area contributed by atoms with E-state index in [1.807, 2.05) is 21.5 Å². The van der Waals surface area contributed by atoms with Crippen LogP contribution >= 0.6 is 0 Å². The summed E-state index contributed by atoms with van der Waals surface area (Å²) in [7, 11) is 0. The number of hydrogen-bond acceptors (Lipinski definition) is 5. The molecule has 0 saturated carbocycles. The molecular weight excluding hydrogens is 242 g/mol. The van der Waals surface area contributed by atoms with Gasteiger partial charge in [0.25, 0.3) is 0 Å². The molecule has 0 aliphatic rings. The van der Waals surface area contributed by atoms with Gasteiger partial charge in [-0.1, -0.05) is 0 Å². The van der Waals surface area contributed by atoms with Gasteiger partial charge in [-0.2, -0.15) is 10.2 Å². The van der Waals surface area contributed by atoms with Crippen molar-refractivity contribution < 1.29 is 0 Å². The maximum absolute atomic E-state index is 4.30. The third-order valence-electron chi connectivity index (χ3n) is 2.78. The number of pyridine rings is 1. The van der Waals surface area contributed by atoms with Crippen molar-refractivity contribution in [1.82, 2.24) is 34.5 Å².